The summed E-state index contributed by atoms with van der Waals surface area (Å²) < 4.78 is 22.4. The van der Waals surface area contributed by atoms with Crippen LogP contribution >= 0.6 is 0 Å². The van der Waals surface area contributed by atoms with Crippen LogP contribution in [0.3, 0.4) is 0 Å². The van der Waals surface area contributed by atoms with E-state index in [4.69, 9.17) is 4.11 Å². The summed E-state index contributed by atoms with van der Waals surface area (Å²) in [5.74, 6) is -0.585. The second-order valence-electron chi connectivity index (χ2n) is 10.2. The fourth-order valence-corrected chi connectivity index (χ4v) is 5.83. The molecule has 3 aromatic rings. The molecular formula is C25H30N10O2. The Morgan fingerprint density at radius 1 is 1.19 bits per heavy atom. The summed E-state index contributed by atoms with van der Waals surface area (Å²) in [5, 5.41) is 25.0. The number of amides is 2. The summed E-state index contributed by atoms with van der Waals surface area (Å²) in [6.45, 7) is -0.730. The Bertz CT molecular complexity index is 1510. The molecule has 0 radical (unpaired) electrons. The number of anilines is 4. The lowest BCUT2D eigenvalue weighted by Gasteiger charge is -2.33. The lowest BCUT2D eigenvalue weighted by Crippen LogP contribution is -2.28. The minimum atomic E-state index is -2.73. The van der Waals surface area contributed by atoms with E-state index >= 15 is 0 Å². The van der Waals surface area contributed by atoms with E-state index in [1.165, 1.54) is 10.9 Å². The highest BCUT2D eigenvalue weighted by atomic mass is 16.2. The smallest absolute Gasteiger partial charge is 0.273 e. The lowest BCUT2D eigenvalue weighted by atomic mass is 9.99. The normalized spacial score (nSPS) is 22.4. The van der Waals surface area contributed by atoms with Gasteiger partial charge in [0, 0.05) is 48.9 Å². The zero-order chi connectivity index (χ0) is 28.4. The topological polar surface area (TPSA) is 143 Å². The van der Waals surface area contributed by atoms with E-state index in [9.17, 15) is 9.59 Å². The van der Waals surface area contributed by atoms with Gasteiger partial charge in [0.05, 0.1) is 17.4 Å². The fourth-order valence-electron chi connectivity index (χ4n) is 5.83. The van der Waals surface area contributed by atoms with Crippen molar-refractivity contribution in [3.05, 3.63) is 29.7 Å². The summed E-state index contributed by atoms with van der Waals surface area (Å²) in [6, 6.07) is 3.19. The minimum absolute atomic E-state index is 0.0640. The minimum Gasteiger partial charge on any atom is -0.363 e. The van der Waals surface area contributed by atoms with Crippen molar-refractivity contribution in [2.75, 3.05) is 29.6 Å². The molecule has 12 nitrogen and oxygen atoms in total. The lowest BCUT2D eigenvalue weighted by molar-refractivity contribution is -0.118. The molecule has 1 spiro atoms. The molecule has 192 valence electrons. The van der Waals surface area contributed by atoms with Crippen molar-refractivity contribution in [2.24, 2.45) is 18.4 Å². The molecule has 2 atom stereocenters. The van der Waals surface area contributed by atoms with Crippen LogP contribution in [0.2, 0.25) is 0 Å². The third-order valence-electron chi connectivity index (χ3n) is 7.98. The van der Waals surface area contributed by atoms with Crippen LogP contribution in [0.15, 0.2) is 18.3 Å². The van der Waals surface area contributed by atoms with Crippen molar-refractivity contribution in [3.63, 3.8) is 0 Å². The Morgan fingerprint density at radius 2 is 2.00 bits per heavy atom. The molecule has 2 aliphatic carbocycles. The van der Waals surface area contributed by atoms with Crippen molar-refractivity contribution >= 4 is 34.8 Å². The second-order valence-corrected chi connectivity index (χ2v) is 10.2. The summed E-state index contributed by atoms with van der Waals surface area (Å²) >= 11 is 0. The molecule has 0 saturated heterocycles. The molecule has 1 aliphatic heterocycles. The van der Waals surface area contributed by atoms with Crippen molar-refractivity contribution in [3.8, 4) is 11.3 Å². The molecule has 0 bridgehead atoms. The molecule has 12 heteroatoms. The van der Waals surface area contributed by atoms with E-state index in [-0.39, 0.29) is 40.5 Å². The van der Waals surface area contributed by atoms with Gasteiger partial charge in [0.1, 0.15) is 11.4 Å². The van der Waals surface area contributed by atoms with Crippen LogP contribution in [0, 0.1) is 11.3 Å². The largest absolute Gasteiger partial charge is 0.363 e. The Kier molecular flexibility index (Phi) is 4.60. The number of fused-ring (bicyclic) bond motifs is 3. The van der Waals surface area contributed by atoms with E-state index in [2.05, 4.69) is 36.0 Å². The van der Waals surface area contributed by atoms with Gasteiger partial charge in [-0.1, -0.05) is 12.8 Å². The summed E-state index contributed by atoms with van der Waals surface area (Å²) in [4.78, 5) is 34.0. The Labute approximate surface area is 218 Å². The Hall–Kier alpha value is -4.09. The number of aromatic nitrogens is 6. The first kappa shape index (κ1) is 20.0. The molecule has 0 aromatic carbocycles. The van der Waals surface area contributed by atoms with Crippen LogP contribution in [0.1, 0.15) is 65.4 Å². The van der Waals surface area contributed by atoms with Crippen LogP contribution in [0.25, 0.3) is 11.3 Å². The highest BCUT2D eigenvalue weighted by Crippen LogP contribution is 2.63. The number of hydrogen-bond acceptors (Lipinski definition) is 9. The molecule has 0 unspecified atom stereocenters. The van der Waals surface area contributed by atoms with E-state index in [0.717, 1.165) is 49.1 Å². The number of carbonyl (C=O) groups excluding carboxylic acids is 2. The van der Waals surface area contributed by atoms with Crippen LogP contribution in [0.4, 0.5) is 23.0 Å². The van der Waals surface area contributed by atoms with Crippen LogP contribution < -0.4 is 20.9 Å². The fraction of sp³-hybridized carbons (Fsp3) is 0.480. The van der Waals surface area contributed by atoms with E-state index in [1.54, 1.807) is 13.2 Å². The van der Waals surface area contributed by atoms with Gasteiger partial charge in [-0.2, -0.15) is 15.0 Å². The summed E-state index contributed by atoms with van der Waals surface area (Å²) in [7, 11) is 3.66. The third kappa shape index (κ3) is 3.78. The van der Waals surface area contributed by atoms with Gasteiger partial charge in [-0.3, -0.25) is 9.59 Å². The van der Waals surface area contributed by atoms with Gasteiger partial charge in [0.25, 0.3) is 5.91 Å². The maximum absolute atomic E-state index is 13.0. The molecule has 37 heavy (non-hydrogen) atoms. The predicted molar refractivity (Wildman–Crippen MR) is 137 cm³/mol. The molecule has 4 heterocycles. The zero-order valence-corrected chi connectivity index (χ0v) is 20.9. The molecular weight excluding hydrogens is 472 g/mol. The van der Waals surface area contributed by atoms with Gasteiger partial charge in [0.15, 0.2) is 17.3 Å². The monoisotopic (exact) mass is 505 g/mol. The summed E-state index contributed by atoms with van der Waals surface area (Å²) in [6.07, 6.45) is 6.87. The van der Waals surface area contributed by atoms with Crippen LogP contribution in [0.5, 0.6) is 0 Å². The SMILES string of the molecule is [2H]C([2H])([2H])NC(=O)c1nnc(NC(=O)[C@H]2CC23CCCC3)cc1Nc1nccc2c1N(C)[C@@H](C)c1nn(C)nc1-2. The maximum atomic E-state index is 13.0. The molecule has 3 aromatic heterocycles. The predicted octanol–water partition coefficient (Wildman–Crippen LogP) is 2.80. The van der Waals surface area contributed by atoms with Gasteiger partial charge >= 0.3 is 0 Å². The number of aryl methyl sites for hydroxylation is 1. The molecule has 2 fully saturated rings. The molecule has 2 saturated carbocycles. The van der Waals surface area contributed by atoms with Crippen molar-refractivity contribution < 1.29 is 13.7 Å². The number of nitrogens with zero attached hydrogens (tertiary/aromatic N) is 7. The third-order valence-corrected chi connectivity index (χ3v) is 7.98. The Morgan fingerprint density at radius 3 is 2.78 bits per heavy atom. The number of nitrogens with one attached hydrogen (secondary N) is 3. The maximum Gasteiger partial charge on any atom is 0.273 e. The number of hydrogen-bond donors (Lipinski definition) is 3. The summed E-state index contributed by atoms with van der Waals surface area (Å²) in [5.41, 5.74) is 3.05. The van der Waals surface area contributed by atoms with Gasteiger partial charge < -0.3 is 20.9 Å². The van der Waals surface area contributed by atoms with E-state index < -0.39 is 12.9 Å². The first-order valence-corrected chi connectivity index (χ1v) is 12.4. The average Bonchev–Trinajstić information content (AvgIpc) is 3.16. The molecule has 6 rings (SSSR count). The van der Waals surface area contributed by atoms with Crippen LogP contribution in [-0.2, 0) is 11.8 Å². The number of pyridine rings is 1. The molecule has 3 N–H and O–H groups in total. The van der Waals surface area contributed by atoms with Gasteiger partial charge in [-0.25, -0.2) is 4.98 Å². The van der Waals surface area contributed by atoms with Crippen molar-refractivity contribution in [1.29, 1.82) is 0 Å². The highest BCUT2D eigenvalue weighted by Gasteiger charge is 2.58. The average molecular weight is 506 g/mol. The van der Waals surface area contributed by atoms with E-state index in [0.29, 0.717) is 11.5 Å². The zero-order valence-electron chi connectivity index (χ0n) is 23.9. The number of rotatable bonds is 5. The van der Waals surface area contributed by atoms with E-state index in [1.807, 2.05) is 30.3 Å². The standard InChI is InChI=1S/C25H30N10O2/c1-13-18-19(33-35(4)32-18)14-7-10-27-22(21(14)34(13)3)28-16-11-17(30-31-20(16)24(37)26-2)29-23(36)15-12-25(15)8-5-6-9-25/h7,10-11,13,15H,5-6,8-9,12H2,1-4H3,(H,26,37)(H2,27,28,29,30,36)/t13-,15+/m0/s1/i2D3. The molecule has 3 aliphatic rings. The molecule has 2 amide bonds. The second kappa shape index (κ2) is 8.49. The van der Waals surface area contributed by atoms with Gasteiger partial charge in [-0.15, -0.1) is 10.2 Å². The number of carbonyl (C=O) groups is 2. The van der Waals surface area contributed by atoms with Gasteiger partial charge in [0.2, 0.25) is 5.91 Å². The first-order chi connectivity index (χ1) is 19.0. The van der Waals surface area contributed by atoms with Gasteiger partial charge in [-0.05, 0) is 37.7 Å². The first-order valence-electron chi connectivity index (χ1n) is 13.9. The van der Waals surface area contributed by atoms with Crippen LogP contribution in [-0.4, -0.2) is 56.0 Å². The van der Waals surface area contributed by atoms with Crippen molar-refractivity contribution in [1.82, 2.24) is 35.5 Å². The van der Waals surface area contributed by atoms with Crippen molar-refractivity contribution in [2.45, 2.75) is 45.1 Å². The highest BCUT2D eigenvalue weighted by molar-refractivity contribution is 6.00. The Balaban J connectivity index is 1.36. The quantitative estimate of drug-likeness (QED) is 0.477.